The van der Waals surface area contributed by atoms with Crippen LogP contribution in [-0.2, 0) is 7.05 Å². The number of amides is 1. The molecule has 0 saturated carbocycles. The van der Waals surface area contributed by atoms with Crippen LogP contribution in [0.2, 0.25) is 0 Å². The Hall–Kier alpha value is -3.65. The summed E-state index contributed by atoms with van der Waals surface area (Å²) in [5.74, 6) is -0.190. The minimum Gasteiger partial charge on any atom is -0.315 e. The topological polar surface area (TPSA) is 75.9 Å². The normalized spacial score (nSPS) is 18.2. The van der Waals surface area contributed by atoms with Gasteiger partial charge in [-0.05, 0) is 55.0 Å². The molecule has 0 bridgehead atoms. The van der Waals surface area contributed by atoms with Gasteiger partial charge in [0.05, 0.1) is 17.8 Å². The Morgan fingerprint density at radius 2 is 2.09 bits per heavy atom. The number of hydrogen-bond donors (Lipinski definition) is 1. The summed E-state index contributed by atoms with van der Waals surface area (Å²) in [5, 5.41) is 13.3. The first-order chi connectivity index (χ1) is 16.4. The third-order valence-electron chi connectivity index (χ3n) is 6.64. The van der Waals surface area contributed by atoms with Crippen molar-refractivity contribution in [3.8, 4) is 11.3 Å². The van der Waals surface area contributed by atoms with E-state index >= 15 is 4.39 Å². The number of nitrogens with zero attached hydrogens (tertiary/aromatic N) is 5. The molecule has 174 valence electrons. The molecule has 3 heterocycles. The number of halogens is 1. The summed E-state index contributed by atoms with van der Waals surface area (Å²) in [5.41, 5.74) is 2.15. The highest BCUT2D eigenvalue weighted by molar-refractivity contribution is 6.11. The lowest BCUT2D eigenvalue weighted by Gasteiger charge is -2.39. The van der Waals surface area contributed by atoms with Crippen molar-refractivity contribution in [2.75, 3.05) is 18.0 Å². The van der Waals surface area contributed by atoms with Crippen LogP contribution in [0.4, 0.5) is 10.2 Å². The van der Waals surface area contributed by atoms with Crippen LogP contribution in [0.1, 0.15) is 29.3 Å². The van der Waals surface area contributed by atoms with E-state index in [1.54, 1.807) is 35.1 Å². The standard InChI is InChI=1S/C26H27FN6O/c1-16-9-11-28-14-23(16)33(25-24-17(2)5-4-6-18(24)10-12-29-25)26(34)20-8-7-19(13-21(20)27)22-15-32(3)31-30-22/h4-8,10,12-13,15-16,23,28H,9,11,14H2,1-3H3/t16-,23?/m0/s1. The predicted octanol–water partition coefficient (Wildman–Crippen LogP) is 4.12. The molecule has 1 aliphatic rings. The van der Waals surface area contributed by atoms with E-state index in [0.29, 0.717) is 23.6 Å². The molecule has 1 unspecified atom stereocenters. The molecule has 5 rings (SSSR count). The van der Waals surface area contributed by atoms with Crippen LogP contribution in [0, 0.1) is 18.7 Å². The third kappa shape index (κ3) is 3.94. The zero-order chi connectivity index (χ0) is 23.8. The molecule has 8 heteroatoms. The highest BCUT2D eigenvalue weighted by atomic mass is 19.1. The summed E-state index contributed by atoms with van der Waals surface area (Å²) in [6, 6.07) is 12.4. The summed E-state index contributed by atoms with van der Waals surface area (Å²) in [7, 11) is 1.75. The quantitative estimate of drug-likeness (QED) is 0.498. The summed E-state index contributed by atoms with van der Waals surface area (Å²) < 4.78 is 16.9. The molecule has 34 heavy (non-hydrogen) atoms. The average Bonchev–Trinajstić information content (AvgIpc) is 3.27. The van der Waals surface area contributed by atoms with E-state index < -0.39 is 11.7 Å². The van der Waals surface area contributed by atoms with Gasteiger partial charge in [0.25, 0.3) is 5.91 Å². The Bertz CT molecular complexity index is 1360. The fourth-order valence-corrected chi connectivity index (χ4v) is 4.75. The molecular weight excluding hydrogens is 431 g/mol. The molecule has 1 aliphatic heterocycles. The second-order valence-corrected chi connectivity index (χ2v) is 8.99. The molecule has 2 atom stereocenters. The smallest absolute Gasteiger partial charge is 0.262 e. The van der Waals surface area contributed by atoms with E-state index in [9.17, 15) is 4.79 Å². The van der Waals surface area contributed by atoms with E-state index in [1.807, 2.05) is 31.2 Å². The molecule has 0 aliphatic carbocycles. The Kier molecular flexibility index (Phi) is 5.83. The monoisotopic (exact) mass is 458 g/mol. The van der Waals surface area contributed by atoms with Crippen molar-refractivity contribution in [1.29, 1.82) is 0 Å². The van der Waals surface area contributed by atoms with Gasteiger partial charge in [0.2, 0.25) is 0 Å². The van der Waals surface area contributed by atoms with Crippen molar-refractivity contribution in [1.82, 2.24) is 25.3 Å². The molecule has 0 radical (unpaired) electrons. The summed E-state index contributed by atoms with van der Waals surface area (Å²) in [6.07, 6.45) is 4.35. The maximum absolute atomic E-state index is 15.4. The maximum Gasteiger partial charge on any atom is 0.262 e. The van der Waals surface area contributed by atoms with Crippen molar-refractivity contribution < 1.29 is 9.18 Å². The lowest BCUT2D eigenvalue weighted by Crippen LogP contribution is -2.53. The van der Waals surface area contributed by atoms with Crippen LogP contribution in [0.15, 0.2) is 54.9 Å². The van der Waals surface area contributed by atoms with Gasteiger partial charge in [0.15, 0.2) is 0 Å². The van der Waals surface area contributed by atoms with Crippen molar-refractivity contribution >= 4 is 22.5 Å². The Labute approximate surface area is 197 Å². The summed E-state index contributed by atoms with van der Waals surface area (Å²) in [6.45, 7) is 5.66. The van der Waals surface area contributed by atoms with E-state index in [4.69, 9.17) is 0 Å². The molecule has 7 nitrogen and oxygen atoms in total. The molecule has 2 aromatic carbocycles. The largest absolute Gasteiger partial charge is 0.315 e. The van der Waals surface area contributed by atoms with E-state index in [-0.39, 0.29) is 17.5 Å². The summed E-state index contributed by atoms with van der Waals surface area (Å²) in [4.78, 5) is 20.4. The molecule has 1 N–H and O–H groups in total. The van der Waals surface area contributed by atoms with Crippen molar-refractivity contribution in [2.45, 2.75) is 26.3 Å². The molecule has 1 saturated heterocycles. The first-order valence-corrected chi connectivity index (χ1v) is 11.5. The Morgan fingerprint density at radius 1 is 1.24 bits per heavy atom. The molecule has 2 aromatic heterocycles. The van der Waals surface area contributed by atoms with Crippen LogP contribution in [0.3, 0.4) is 0 Å². The van der Waals surface area contributed by atoms with Crippen molar-refractivity contribution in [2.24, 2.45) is 13.0 Å². The van der Waals surface area contributed by atoms with Crippen molar-refractivity contribution in [3.05, 3.63) is 71.8 Å². The molecular formula is C26H27FN6O. The molecule has 1 fully saturated rings. The number of aryl methyl sites for hydroxylation is 2. The van der Waals surface area contributed by atoms with E-state index in [0.717, 1.165) is 29.3 Å². The summed E-state index contributed by atoms with van der Waals surface area (Å²) >= 11 is 0. The number of fused-ring (bicyclic) bond motifs is 1. The van der Waals surface area contributed by atoms with Crippen LogP contribution >= 0.6 is 0 Å². The number of piperidine rings is 1. The lowest BCUT2D eigenvalue weighted by molar-refractivity contribution is 0.0958. The minimum atomic E-state index is -0.591. The SMILES string of the molecule is Cc1cccc2ccnc(N(C(=O)c3ccc(-c4cn(C)nn4)cc3F)C3CNCC[C@@H]3C)c12. The number of anilines is 1. The second-order valence-electron chi connectivity index (χ2n) is 8.99. The number of carbonyl (C=O) groups excluding carboxylic acids is 1. The van der Waals surface area contributed by atoms with Gasteiger partial charge in [0.1, 0.15) is 17.3 Å². The third-order valence-corrected chi connectivity index (χ3v) is 6.64. The van der Waals surface area contributed by atoms with Crippen LogP contribution in [0.5, 0.6) is 0 Å². The molecule has 4 aromatic rings. The lowest BCUT2D eigenvalue weighted by atomic mass is 9.92. The van der Waals surface area contributed by atoms with Crippen molar-refractivity contribution in [3.63, 3.8) is 0 Å². The van der Waals surface area contributed by atoms with E-state index in [1.165, 1.54) is 12.1 Å². The predicted molar refractivity (Wildman–Crippen MR) is 130 cm³/mol. The number of pyridine rings is 1. The van der Waals surface area contributed by atoms with Crippen LogP contribution in [-0.4, -0.2) is 45.0 Å². The minimum absolute atomic E-state index is 0.0119. The Morgan fingerprint density at radius 3 is 2.82 bits per heavy atom. The van der Waals surface area contributed by atoms with Crippen LogP contribution < -0.4 is 10.2 Å². The number of hydrogen-bond acceptors (Lipinski definition) is 5. The van der Waals surface area contributed by atoms with E-state index in [2.05, 4.69) is 27.5 Å². The average molecular weight is 459 g/mol. The number of aromatic nitrogens is 4. The van der Waals surface area contributed by atoms with Crippen LogP contribution in [0.25, 0.3) is 22.0 Å². The van der Waals surface area contributed by atoms with Gasteiger partial charge in [-0.1, -0.05) is 36.4 Å². The first kappa shape index (κ1) is 22.2. The number of benzene rings is 2. The number of nitrogens with one attached hydrogen (secondary N) is 1. The zero-order valence-corrected chi connectivity index (χ0v) is 19.5. The van der Waals surface area contributed by atoms with Gasteiger partial charge < -0.3 is 5.32 Å². The fraction of sp³-hybridized carbons (Fsp3) is 0.308. The molecule has 0 spiro atoms. The van der Waals surface area contributed by atoms with Gasteiger partial charge in [-0.15, -0.1) is 5.10 Å². The number of rotatable bonds is 4. The highest BCUT2D eigenvalue weighted by Gasteiger charge is 2.35. The van der Waals surface area contributed by atoms with Gasteiger partial charge >= 0.3 is 0 Å². The van der Waals surface area contributed by atoms with Gasteiger partial charge in [-0.3, -0.25) is 14.4 Å². The first-order valence-electron chi connectivity index (χ1n) is 11.5. The van der Waals surface area contributed by atoms with Gasteiger partial charge in [0, 0.05) is 30.7 Å². The Balaban J connectivity index is 1.63. The highest BCUT2D eigenvalue weighted by Crippen LogP contribution is 2.33. The fourth-order valence-electron chi connectivity index (χ4n) is 4.75. The van der Waals surface area contributed by atoms with Gasteiger partial charge in [-0.2, -0.15) is 0 Å². The second kappa shape index (κ2) is 8.95. The maximum atomic E-state index is 15.4. The zero-order valence-electron chi connectivity index (χ0n) is 19.5. The molecule has 1 amide bonds. The number of carbonyl (C=O) groups is 1. The van der Waals surface area contributed by atoms with Gasteiger partial charge in [-0.25, -0.2) is 9.37 Å².